The number of fused-ring (bicyclic) bond motifs is 2. The Labute approximate surface area is 122 Å². The summed E-state index contributed by atoms with van der Waals surface area (Å²) in [6, 6.07) is 11.6. The molecular formula is C12H10N6O2S. The van der Waals surface area contributed by atoms with E-state index in [1.165, 1.54) is 0 Å². The Balaban J connectivity index is 0.000000130. The first-order chi connectivity index (χ1) is 10.3. The van der Waals surface area contributed by atoms with E-state index < -0.39 is 11.6 Å². The minimum Gasteiger partial charge on any atom is -0.289 e. The van der Waals surface area contributed by atoms with Gasteiger partial charge in [0.25, 0.3) is 0 Å². The number of rotatable bonds is 0. The molecule has 4 rings (SSSR count). The fraction of sp³-hybridized carbons (Fsp3) is 0. The van der Waals surface area contributed by atoms with Crippen LogP contribution in [0.2, 0.25) is 0 Å². The summed E-state index contributed by atoms with van der Waals surface area (Å²) in [5, 5.41) is 15.1. The molecule has 0 radical (unpaired) electrons. The first-order valence-electron chi connectivity index (χ1n) is 5.75. The fourth-order valence-corrected chi connectivity index (χ4v) is 1.54. The van der Waals surface area contributed by atoms with E-state index in [0.29, 0.717) is 0 Å². The molecule has 0 aromatic carbocycles. The van der Waals surface area contributed by atoms with Gasteiger partial charge in [0.1, 0.15) is 12.7 Å². The van der Waals surface area contributed by atoms with Crippen LogP contribution in [0.4, 0.5) is 0 Å². The largest absolute Gasteiger partial charge is 0.335 e. The Hall–Kier alpha value is -2.94. The molecule has 0 aliphatic carbocycles. The van der Waals surface area contributed by atoms with Crippen LogP contribution in [0.1, 0.15) is 0 Å². The van der Waals surface area contributed by atoms with Crippen molar-refractivity contribution in [1.82, 2.24) is 29.2 Å². The minimum atomic E-state index is -0.750. The highest BCUT2D eigenvalue weighted by Crippen LogP contribution is 1.95. The zero-order valence-electron chi connectivity index (χ0n) is 10.7. The van der Waals surface area contributed by atoms with Crippen molar-refractivity contribution in [2.75, 3.05) is 0 Å². The average Bonchev–Trinajstić information content (AvgIpc) is 3.17. The summed E-state index contributed by atoms with van der Waals surface area (Å²) >= 11 is -0.750. The van der Waals surface area contributed by atoms with Crippen LogP contribution in [0, 0.1) is 0 Å². The van der Waals surface area contributed by atoms with Gasteiger partial charge in [0.15, 0.2) is 11.3 Å². The molecule has 0 atom stereocenters. The van der Waals surface area contributed by atoms with Crippen molar-refractivity contribution in [1.29, 1.82) is 0 Å². The van der Waals surface area contributed by atoms with E-state index in [-0.39, 0.29) is 0 Å². The smallest absolute Gasteiger partial charge is 0.289 e. The topological polar surface area (TPSA) is 94.5 Å². The molecule has 0 saturated carbocycles. The quantitative estimate of drug-likeness (QED) is 0.476. The molecule has 0 amide bonds. The van der Waals surface area contributed by atoms with Crippen molar-refractivity contribution in [3.8, 4) is 0 Å². The third-order valence-electron chi connectivity index (χ3n) is 2.41. The van der Waals surface area contributed by atoms with Gasteiger partial charge in [0, 0.05) is 12.4 Å². The van der Waals surface area contributed by atoms with Gasteiger partial charge in [-0.1, -0.05) is 12.1 Å². The summed E-state index contributed by atoms with van der Waals surface area (Å²) in [4.78, 5) is 0. The Bertz CT molecular complexity index is 726. The molecule has 0 aliphatic heterocycles. The third-order valence-corrected chi connectivity index (χ3v) is 2.41. The van der Waals surface area contributed by atoms with E-state index in [1.807, 2.05) is 57.6 Å². The van der Waals surface area contributed by atoms with Crippen LogP contribution in [0.15, 0.2) is 61.4 Å². The van der Waals surface area contributed by atoms with Crippen LogP contribution >= 0.6 is 0 Å². The lowest BCUT2D eigenvalue weighted by Crippen LogP contribution is -1.77. The zero-order chi connectivity index (χ0) is 14.9. The Morgan fingerprint density at radius 3 is 1.57 bits per heavy atom. The molecule has 0 spiro atoms. The molecule has 4 aromatic rings. The molecular weight excluding hydrogens is 292 g/mol. The third kappa shape index (κ3) is 4.01. The Morgan fingerprint density at radius 1 is 0.762 bits per heavy atom. The lowest BCUT2D eigenvalue weighted by Gasteiger charge is -1.84. The van der Waals surface area contributed by atoms with Gasteiger partial charge in [-0.15, -0.1) is 20.4 Å². The summed E-state index contributed by atoms with van der Waals surface area (Å²) < 4.78 is 20.3. The van der Waals surface area contributed by atoms with Gasteiger partial charge in [-0.25, -0.2) is 0 Å². The van der Waals surface area contributed by atoms with E-state index in [4.69, 9.17) is 8.42 Å². The molecule has 0 fully saturated rings. The molecule has 0 N–H and O–H groups in total. The normalized spacial score (nSPS) is 9.33. The molecule has 9 heteroatoms. The van der Waals surface area contributed by atoms with Crippen LogP contribution < -0.4 is 0 Å². The summed E-state index contributed by atoms with van der Waals surface area (Å²) in [7, 11) is 0. The van der Waals surface area contributed by atoms with Crippen LogP contribution in [0.25, 0.3) is 11.3 Å². The van der Waals surface area contributed by atoms with Crippen LogP contribution in [0.5, 0.6) is 0 Å². The second-order valence-corrected chi connectivity index (χ2v) is 3.80. The van der Waals surface area contributed by atoms with E-state index >= 15 is 0 Å². The SMILES string of the molecule is O=S=O.c1ccn2cnnc2c1.c1ccn2cnnc2c1. The number of hydrogen-bond donors (Lipinski definition) is 0. The van der Waals surface area contributed by atoms with Crippen molar-refractivity contribution >= 4 is 22.9 Å². The average molecular weight is 302 g/mol. The van der Waals surface area contributed by atoms with Gasteiger partial charge in [0.05, 0.1) is 0 Å². The van der Waals surface area contributed by atoms with Gasteiger partial charge >= 0.3 is 11.6 Å². The molecule has 0 unspecified atom stereocenters. The van der Waals surface area contributed by atoms with Crippen LogP contribution in [-0.2, 0) is 11.6 Å². The van der Waals surface area contributed by atoms with Gasteiger partial charge in [0.2, 0.25) is 0 Å². The maximum Gasteiger partial charge on any atom is 0.335 e. The second-order valence-electron chi connectivity index (χ2n) is 3.66. The lowest BCUT2D eigenvalue weighted by atomic mass is 10.5. The summed E-state index contributed by atoms with van der Waals surface area (Å²) in [6.45, 7) is 0. The number of pyridine rings is 2. The molecule has 0 aliphatic rings. The summed E-state index contributed by atoms with van der Waals surface area (Å²) in [6.07, 6.45) is 7.18. The van der Waals surface area contributed by atoms with Crippen molar-refractivity contribution < 1.29 is 8.42 Å². The van der Waals surface area contributed by atoms with Crippen molar-refractivity contribution in [2.24, 2.45) is 0 Å². The first-order valence-corrected chi connectivity index (χ1v) is 6.42. The highest BCUT2D eigenvalue weighted by molar-refractivity contribution is 7.51. The molecule has 106 valence electrons. The van der Waals surface area contributed by atoms with Gasteiger partial charge in [-0.2, -0.15) is 8.42 Å². The fourth-order valence-electron chi connectivity index (χ4n) is 1.54. The van der Waals surface area contributed by atoms with Crippen LogP contribution in [-0.4, -0.2) is 37.6 Å². The predicted octanol–water partition coefficient (Wildman–Crippen LogP) is 0.788. The molecule has 4 heterocycles. The second kappa shape index (κ2) is 7.60. The monoisotopic (exact) mass is 302 g/mol. The van der Waals surface area contributed by atoms with E-state index in [9.17, 15) is 0 Å². The summed E-state index contributed by atoms with van der Waals surface area (Å²) in [5.74, 6) is 0. The minimum absolute atomic E-state index is 0.750. The molecule has 0 bridgehead atoms. The van der Waals surface area contributed by atoms with E-state index in [0.717, 1.165) is 11.3 Å². The summed E-state index contributed by atoms with van der Waals surface area (Å²) in [5.41, 5.74) is 1.77. The molecule has 8 nitrogen and oxygen atoms in total. The van der Waals surface area contributed by atoms with Crippen molar-refractivity contribution in [3.63, 3.8) is 0 Å². The molecule has 4 aromatic heterocycles. The number of aromatic nitrogens is 6. The van der Waals surface area contributed by atoms with Gasteiger partial charge in [-0.05, 0) is 24.3 Å². The Kier molecular flexibility index (Phi) is 5.24. The highest BCUT2D eigenvalue weighted by Gasteiger charge is 1.87. The van der Waals surface area contributed by atoms with E-state index in [2.05, 4.69) is 20.4 Å². The van der Waals surface area contributed by atoms with Crippen molar-refractivity contribution in [2.45, 2.75) is 0 Å². The lowest BCUT2D eigenvalue weighted by molar-refractivity contribution is 0.630. The predicted molar refractivity (Wildman–Crippen MR) is 74.9 cm³/mol. The Morgan fingerprint density at radius 2 is 1.19 bits per heavy atom. The number of hydrogen-bond acceptors (Lipinski definition) is 6. The van der Waals surface area contributed by atoms with E-state index in [1.54, 1.807) is 12.7 Å². The highest BCUT2D eigenvalue weighted by atomic mass is 32.1. The van der Waals surface area contributed by atoms with Gasteiger partial charge in [-0.3, -0.25) is 8.80 Å². The zero-order valence-corrected chi connectivity index (χ0v) is 11.5. The maximum atomic E-state index is 8.29. The molecule has 0 saturated heterocycles. The number of nitrogens with zero attached hydrogens (tertiary/aromatic N) is 6. The maximum absolute atomic E-state index is 8.29. The standard InChI is InChI=1S/2C6H5N3.O2S/c2*1-2-4-9-5-7-8-6(9)3-1;1-3-2/h2*1-5H;. The molecule has 21 heavy (non-hydrogen) atoms. The van der Waals surface area contributed by atoms with Crippen molar-refractivity contribution in [3.05, 3.63) is 61.4 Å². The first kappa shape index (κ1) is 14.5. The van der Waals surface area contributed by atoms with Gasteiger partial charge < -0.3 is 0 Å². The van der Waals surface area contributed by atoms with Crippen LogP contribution in [0.3, 0.4) is 0 Å².